The van der Waals surface area contributed by atoms with E-state index in [1.807, 2.05) is 0 Å². The van der Waals surface area contributed by atoms with Crippen molar-refractivity contribution in [3.8, 4) is 6.07 Å². The number of aromatic nitrogens is 1. The highest BCUT2D eigenvalue weighted by Gasteiger charge is 2.23. The summed E-state index contributed by atoms with van der Waals surface area (Å²) in [5.41, 5.74) is 3.11. The van der Waals surface area contributed by atoms with E-state index in [0.717, 1.165) is 0 Å². The summed E-state index contributed by atoms with van der Waals surface area (Å²) < 4.78 is 46.7. The Bertz CT molecular complexity index is 568. The van der Waals surface area contributed by atoms with E-state index in [9.17, 15) is 17.2 Å². The van der Waals surface area contributed by atoms with Gasteiger partial charge in [-0.05, 0) is 0 Å². The summed E-state index contributed by atoms with van der Waals surface area (Å²) in [5.74, 6) is 0. The van der Waals surface area contributed by atoms with Gasteiger partial charge in [-0.25, -0.2) is 22.2 Å². The van der Waals surface area contributed by atoms with Crippen molar-refractivity contribution in [2.24, 2.45) is 0 Å². The molecule has 0 unspecified atom stereocenters. The van der Waals surface area contributed by atoms with Crippen LogP contribution in [0.5, 0.6) is 0 Å². The van der Waals surface area contributed by atoms with Crippen LogP contribution in [0.1, 0.15) is 17.7 Å². The van der Waals surface area contributed by atoms with Gasteiger partial charge in [-0.3, -0.25) is 0 Å². The topological polar surface area (TPSA) is 96.8 Å². The molecule has 5 nitrogen and oxygen atoms in total. The first kappa shape index (κ1) is 12.6. The molecule has 0 amide bonds. The zero-order valence-electron chi connectivity index (χ0n) is 7.49. The smallest absolute Gasteiger partial charge is 0.278 e. The van der Waals surface area contributed by atoms with Gasteiger partial charge in [0.1, 0.15) is 6.07 Å². The van der Waals surface area contributed by atoms with Gasteiger partial charge in [0.05, 0.1) is 5.56 Å². The van der Waals surface area contributed by atoms with E-state index in [1.54, 1.807) is 0 Å². The van der Waals surface area contributed by atoms with Gasteiger partial charge in [-0.2, -0.15) is 5.26 Å². The Kier molecular flexibility index (Phi) is 3.30. The highest BCUT2D eigenvalue weighted by Crippen LogP contribution is 2.29. The van der Waals surface area contributed by atoms with Crippen LogP contribution >= 0.6 is 10.7 Å². The summed E-state index contributed by atoms with van der Waals surface area (Å²) in [7, 11) is 0.733. The summed E-state index contributed by atoms with van der Waals surface area (Å²) in [6.07, 6.45) is -3.02. The summed E-state index contributed by atoms with van der Waals surface area (Å²) in [6.45, 7) is 0. The second kappa shape index (κ2) is 4.19. The summed E-state index contributed by atoms with van der Waals surface area (Å²) in [6, 6.07) is 2.02. The average molecular weight is 268 g/mol. The normalized spacial score (nSPS) is 11.4. The predicted molar refractivity (Wildman–Crippen MR) is 51.4 cm³/mol. The van der Waals surface area contributed by atoms with Crippen LogP contribution in [0.3, 0.4) is 0 Å². The number of nitrogens with zero attached hydrogens (tertiary/aromatic N) is 2. The van der Waals surface area contributed by atoms with Gasteiger partial charge < -0.3 is 5.73 Å². The maximum absolute atomic E-state index is 12.5. The molecule has 0 aliphatic carbocycles. The van der Waals surface area contributed by atoms with Crippen LogP contribution in [0.15, 0.2) is 11.1 Å². The number of rotatable bonds is 2. The van der Waals surface area contributed by atoms with E-state index in [4.69, 9.17) is 21.7 Å². The van der Waals surface area contributed by atoms with Crippen molar-refractivity contribution >= 4 is 25.4 Å². The first-order chi connectivity index (χ1) is 7.27. The molecule has 0 bridgehead atoms. The van der Waals surface area contributed by atoms with Crippen LogP contribution in [-0.4, -0.2) is 13.4 Å². The third kappa shape index (κ3) is 2.37. The molecule has 0 spiro atoms. The molecule has 0 aromatic carbocycles. The number of hydrogen-bond acceptors (Lipinski definition) is 5. The molecule has 0 atom stereocenters. The Hall–Kier alpha value is -1.46. The summed E-state index contributed by atoms with van der Waals surface area (Å²) in [4.78, 5) is 3.20. The molecule has 0 fully saturated rings. The van der Waals surface area contributed by atoms with E-state index in [-0.39, 0.29) is 0 Å². The second-order valence-electron chi connectivity index (χ2n) is 2.66. The third-order valence-electron chi connectivity index (χ3n) is 1.64. The lowest BCUT2D eigenvalue weighted by Gasteiger charge is -2.07. The van der Waals surface area contributed by atoms with Crippen LogP contribution < -0.4 is 5.73 Å². The van der Waals surface area contributed by atoms with Crippen LogP contribution in [0.4, 0.5) is 14.5 Å². The van der Waals surface area contributed by atoms with E-state index in [1.165, 1.54) is 6.07 Å². The Morgan fingerprint density at radius 1 is 1.56 bits per heavy atom. The molecule has 0 saturated carbocycles. The zero-order valence-corrected chi connectivity index (χ0v) is 9.06. The lowest BCUT2D eigenvalue weighted by molar-refractivity contribution is 0.151. The minimum Gasteiger partial charge on any atom is -0.398 e. The quantitative estimate of drug-likeness (QED) is 0.817. The van der Waals surface area contributed by atoms with Crippen molar-refractivity contribution < 1.29 is 17.2 Å². The summed E-state index contributed by atoms with van der Waals surface area (Å²) >= 11 is 0. The van der Waals surface area contributed by atoms with Crippen molar-refractivity contribution in [1.29, 1.82) is 5.26 Å². The Balaban J connectivity index is 3.59. The van der Waals surface area contributed by atoms with Crippen LogP contribution in [0, 0.1) is 11.3 Å². The molecule has 1 rings (SSSR count). The molecule has 1 heterocycles. The van der Waals surface area contributed by atoms with Crippen molar-refractivity contribution in [2.45, 2.75) is 11.5 Å². The first-order valence-electron chi connectivity index (χ1n) is 3.70. The molecule has 9 heteroatoms. The van der Waals surface area contributed by atoms with Gasteiger partial charge in [0.2, 0.25) is 0 Å². The molecule has 2 N–H and O–H groups in total. The Labute approximate surface area is 93.9 Å². The van der Waals surface area contributed by atoms with Crippen LogP contribution in [0.25, 0.3) is 0 Å². The Morgan fingerprint density at radius 2 is 2.12 bits per heavy atom. The number of anilines is 1. The minimum atomic E-state index is -4.22. The molecule has 1 aromatic rings. The number of alkyl halides is 2. The molecule has 16 heavy (non-hydrogen) atoms. The third-order valence-corrected chi connectivity index (χ3v) is 2.82. The highest BCUT2D eigenvalue weighted by atomic mass is 35.7. The van der Waals surface area contributed by atoms with E-state index >= 15 is 0 Å². The Morgan fingerprint density at radius 3 is 2.50 bits per heavy atom. The zero-order chi connectivity index (χ0) is 12.5. The largest absolute Gasteiger partial charge is 0.398 e. The average Bonchev–Trinajstić information content (AvgIpc) is 2.14. The number of nitrogens with two attached hydrogens (primary N) is 1. The lowest BCUT2D eigenvalue weighted by Crippen LogP contribution is -2.06. The van der Waals surface area contributed by atoms with Gasteiger partial charge in [0, 0.05) is 22.4 Å². The van der Waals surface area contributed by atoms with Crippen molar-refractivity contribution in [1.82, 2.24) is 4.98 Å². The predicted octanol–water partition coefficient (Wildman–Crippen LogP) is 1.40. The number of pyridine rings is 1. The first-order valence-corrected chi connectivity index (χ1v) is 6.01. The molecule has 0 aliphatic rings. The maximum Gasteiger partial charge on any atom is 0.278 e. The van der Waals surface area contributed by atoms with Gasteiger partial charge in [-0.1, -0.05) is 0 Å². The fourth-order valence-corrected chi connectivity index (χ4v) is 1.69. The van der Waals surface area contributed by atoms with Gasteiger partial charge >= 0.3 is 0 Å². The van der Waals surface area contributed by atoms with Crippen molar-refractivity contribution in [2.75, 3.05) is 5.73 Å². The van der Waals surface area contributed by atoms with E-state index in [0.29, 0.717) is 6.07 Å². The standard InChI is InChI=1S/C7H4ClF2N3O2S/c8-16(14,15)5-1-3(12)6(7(9)10)4(2-11)13-5/h1,7H,(H2,12,13). The molecular weight excluding hydrogens is 264 g/mol. The molecular formula is C7H4ClF2N3O2S. The summed E-state index contributed by atoms with van der Waals surface area (Å²) in [5, 5.41) is 7.81. The van der Waals surface area contributed by atoms with Crippen molar-refractivity contribution in [3.05, 3.63) is 17.3 Å². The monoisotopic (exact) mass is 267 g/mol. The van der Waals surface area contributed by atoms with E-state index in [2.05, 4.69) is 4.98 Å². The lowest BCUT2D eigenvalue weighted by atomic mass is 10.2. The van der Waals surface area contributed by atoms with Crippen molar-refractivity contribution in [3.63, 3.8) is 0 Å². The van der Waals surface area contributed by atoms with Gasteiger partial charge in [-0.15, -0.1) is 0 Å². The van der Waals surface area contributed by atoms with Gasteiger partial charge in [0.15, 0.2) is 10.7 Å². The molecule has 1 aromatic heterocycles. The molecule has 86 valence electrons. The van der Waals surface area contributed by atoms with E-state index < -0.39 is 37.4 Å². The number of nitriles is 1. The fourth-order valence-electron chi connectivity index (χ4n) is 0.990. The van der Waals surface area contributed by atoms with Crippen LogP contribution in [-0.2, 0) is 9.05 Å². The number of nitrogen functional groups attached to an aromatic ring is 1. The second-order valence-corrected chi connectivity index (χ2v) is 5.18. The number of hydrogen-bond donors (Lipinski definition) is 1. The molecule has 0 saturated heterocycles. The molecule has 0 radical (unpaired) electrons. The number of halogens is 3. The minimum absolute atomic E-state index is 0.541. The highest BCUT2D eigenvalue weighted by molar-refractivity contribution is 8.13. The molecule has 0 aliphatic heterocycles. The fraction of sp³-hybridized carbons (Fsp3) is 0.143. The van der Waals surface area contributed by atoms with Gasteiger partial charge in [0.25, 0.3) is 15.5 Å². The SMILES string of the molecule is N#Cc1nc(S(=O)(=O)Cl)cc(N)c1C(F)F. The maximum atomic E-state index is 12.5. The van der Waals surface area contributed by atoms with Crippen LogP contribution in [0.2, 0.25) is 0 Å².